The number of hydrogen-bond donors (Lipinski definition) is 0. The first-order valence-electron chi connectivity index (χ1n) is 6.64. The maximum Gasteiger partial charge on any atom is 0.250 e. The molecular weight excluding hydrogens is 284 g/mol. The number of nitrogens with zero attached hydrogens (tertiary/aromatic N) is 2. The molecule has 2 saturated heterocycles. The van der Waals surface area contributed by atoms with Crippen molar-refractivity contribution in [3.63, 3.8) is 0 Å². The van der Waals surface area contributed by atoms with E-state index in [9.17, 15) is 13.2 Å². The Morgan fingerprint density at radius 2 is 2.16 bits per heavy atom. The van der Waals surface area contributed by atoms with Crippen molar-refractivity contribution < 1.29 is 13.2 Å². The van der Waals surface area contributed by atoms with E-state index in [4.69, 9.17) is 0 Å². The molecule has 2 rings (SSSR count). The summed E-state index contributed by atoms with van der Waals surface area (Å²) in [5, 5.41) is 0.742. The van der Waals surface area contributed by atoms with Crippen molar-refractivity contribution in [3.05, 3.63) is 0 Å². The minimum Gasteiger partial charge on any atom is -0.346 e. The number of amides is 1. The summed E-state index contributed by atoms with van der Waals surface area (Å²) in [7, 11) is -2.92. The van der Waals surface area contributed by atoms with Gasteiger partial charge in [-0.1, -0.05) is 25.6 Å². The largest absolute Gasteiger partial charge is 0.346 e. The fraction of sp³-hybridized carbons (Fsp3) is 0.833. The van der Waals surface area contributed by atoms with Gasteiger partial charge in [0.1, 0.15) is 0 Å². The molecule has 0 aromatic carbocycles. The van der Waals surface area contributed by atoms with Crippen LogP contribution in [0.4, 0.5) is 0 Å². The van der Waals surface area contributed by atoms with Gasteiger partial charge in [-0.2, -0.15) is 4.99 Å². The van der Waals surface area contributed by atoms with E-state index in [-0.39, 0.29) is 34.6 Å². The van der Waals surface area contributed by atoms with Crippen molar-refractivity contribution in [1.82, 2.24) is 4.90 Å². The molecule has 0 saturated carbocycles. The van der Waals surface area contributed by atoms with Crippen molar-refractivity contribution in [1.29, 1.82) is 0 Å². The minimum absolute atomic E-state index is 0.0107. The predicted octanol–water partition coefficient (Wildman–Crippen LogP) is 1.15. The summed E-state index contributed by atoms with van der Waals surface area (Å²) >= 11 is 1.45. The molecule has 108 valence electrons. The van der Waals surface area contributed by atoms with Crippen LogP contribution >= 0.6 is 11.8 Å². The molecule has 2 aliphatic rings. The monoisotopic (exact) mass is 304 g/mol. The van der Waals surface area contributed by atoms with Gasteiger partial charge in [-0.25, -0.2) is 8.42 Å². The average Bonchev–Trinajstić information content (AvgIpc) is 2.78. The molecule has 5 nitrogen and oxygen atoms in total. The standard InChI is InChI=1S/C12H20N2O3S2/c1-4-8(3)11(15)13-12-14(5-2)9-6-19(16,17)7-10(9)18-12/h8-10H,4-7H2,1-3H3/t8-,9+,10+/m0/s1. The molecule has 0 aromatic rings. The number of aliphatic imine (C=N–C) groups is 1. The van der Waals surface area contributed by atoms with Gasteiger partial charge >= 0.3 is 0 Å². The van der Waals surface area contributed by atoms with Crippen molar-refractivity contribution in [3.8, 4) is 0 Å². The third-order valence-corrected chi connectivity index (χ3v) is 7.00. The number of carbonyl (C=O) groups is 1. The molecular formula is C12H20N2O3S2. The first-order valence-corrected chi connectivity index (χ1v) is 9.34. The molecule has 19 heavy (non-hydrogen) atoms. The zero-order valence-electron chi connectivity index (χ0n) is 11.5. The lowest BCUT2D eigenvalue weighted by Crippen LogP contribution is -2.37. The van der Waals surface area contributed by atoms with Crippen molar-refractivity contribution in [2.24, 2.45) is 10.9 Å². The topological polar surface area (TPSA) is 66.8 Å². The Morgan fingerprint density at radius 3 is 2.74 bits per heavy atom. The van der Waals surface area contributed by atoms with Gasteiger partial charge in [0, 0.05) is 17.7 Å². The maximum absolute atomic E-state index is 11.9. The first-order chi connectivity index (χ1) is 8.88. The summed E-state index contributed by atoms with van der Waals surface area (Å²) in [5.74, 6) is 0.215. The summed E-state index contributed by atoms with van der Waals surface area (Å²) in [5.41, 5.74) is 0. The van der Waals surface area contributed by atoms with Gasteiger partial charge in [0.2, 0.25) is 0 Å². The number of hydrogen-bond acceptors (Lipinski definition) is 4. The molecule has 0 N–H and O–H groups in total. The molecule has 2 fully saturated rings. The molecule has 0 spiro atoms. The van der Waals surface area contributed by atoms with E-state index >= 15 is 0 Å². The van der Waals surface area contributed by atoms with E-state index in [1.807, 2.05) is 25.7 Å². The van der Waals surface area contributed by atoms with Crippen LogP contribution in [0, 0.1) is 5.92 Å². The van der Waals surface area contributed by atoms with E-state index in [0.717, 1.165) is 6.42 Å². The van der Waals surface area contributed by atoms with Gasteiger partial charge in [-0.3, -0.25) is 4.79 Å². The second-order valence-electron chi connectivity index (χ2n) is 5.13. The fourth-order valence-electron chi connectivity index (χ4n) is 2.38. The van der Waals surface area contributed by atoms with Crippen molar-refractivity contribution >= 4 is 32.7 Å². The molecule has 0 aromatic heterocycles. The molecule has 1 amide bonds. The van der Waals surface area contributed by atoms with Crippen LogP contribution in [0.3, 0.4) is 0 Å². The Morgan fingerprint density at radius 1 is 1.47 bits per heavy atom. The molecule has 3 atom stereocenters. The number of rotatable bonds is 3. The highest BCUT2D eigenvalue weighted by atomic mass is 32.2. The smallest absolute Gasteiger partial charge is 0.250 e. The average molecular weight is 304 g/mol. The van der Waals surface area contributed by atoms with Gasteiger partial charge < -0.3 is 4.90 Å². The van der Waals surface area contributed by atoms with Crippen LogP contribution in [0.15, 0.2) is 4.99 Å². The summed E-state index contributed by atoms with van der Waals surface area (Å²) in [6.07, 6.45) is 0.771. The highest BCUT2D eigenvalue weighted by molar-refractivity contribution is 8.15. The lowest BCUT2D eigenvalue weighted by Gasteiger charge is -2.22. The Balaban J connectivity index is 2.18. The van der Waals surface area contributed by atoms with Gasteiger partial charge in [-0.05, 0) is 13.3 Å². The van der Waals surface area contributed by atoms with Crippen molar-refractivity contribution in [2.45, 2.75) is 38.5 Å². The molecule has 0 radical (unpaired) electrons. The van der Waals surface area contributed by atoms with Crippen LogP contribution in [-0.4, -0.2) is 53.7 Å². The number of fused-ring (bicyclic) bond motifs is 1. The highest BCUT2D eigenvalue weighted by Gasteiger charge is 2.48. The van der Waals surface area contributed by atoms with Gasteiger partial charge in [-0.15, -0.1) is 0 Å². The van der Waals surface area contributed by atoms with Crippen LogP contribution in [0.1, 0.15) is 27.2 Å². The molecule has 0 unspecified atom stereocenters. The van der Waals surface area contributed by atoms with E-state index in [1.165, 1.54) is 11.8 Å². The van der Waals surface area contributed by atoms with Gasteiger partial charge in [0.05, 0.1) is 17.5 Å². The highest BCUT2D eigenvalue weighted by Crippen LogP contribution is 2.37. The minimum atomic E-state index is -2.92. The molecule has 2 heterocycles. The quantitative estimate of drug-likeness (QED) is 0.782. The lowest BCUT2D eigenvalue weighted by atomic mass is 10.1. The normalized spacial score (nSPS) is 32.6. The van der Waals surface area contributed by atoms with Crippen LogP contribution in [0.25, 0.3) is 0 Å². The maximum atomic E-state index is 11.9. The number of amidine groups is 1. The second-order valence-corrected chi connectivity index (χ2v) is 8.49. The summed E-state index contributed by atoms with van der Waals surface area (Å²) in [6.45, 7) is 6.49. The summed E-state index contributed by atoms with van der Waals surface area (Å²) < 4.78 is 23.3. The third kappa shape index (κ3) is 2.97. The SMILES string of the molecule is CC[C@H](C)C(=O)N=C1S[C@@H]2CS(=O)(=O)C[C@H]2N1CC. The Hall–Kier alpha value is -0.560. The van der Waals surface area contributed by atoms with E-state index < -0.39 is 9.84 Å². The molecule has 7 heteroatoms. The number of thioether (sulfide) groups is 1. The van der Waals surface area contributed by atoms with E-state index in [1.54, 1.807) is 0 Å². The Kier molecular flexibility index (Phi) is 4.25. The predicted molar refractivity (Wildman–Crippen MR) is 78.1 cm³/mol. The zero-order chi connectivity index (χ0) is 14.2. The summed E-state index contributed by atoms with van der Waals surface area (Å²) in [4.78, 5) is 18.1. The van der Waals surface area contributed by atoms with E-state index in [0.29, 0.717) is 11.7 Å². The number of carbonyl (C=O) groups excluding carboxylic acids is 1. The second kappa shape index (κ2) is 5.44. The number of sulfone groups is 1. The fourth-order valence-corrected chi connectivity index (χ4v) is 6.41. The van der Waals surface area contributed by atoms with Gasteiger partial charge in [0.25, 0.3) is 5.91 Å². The summed E-state index contributed by atoms with van der Waals surface area (Å²) in [6, 6.07) is -0.0107. The zero-order valence-corrected chi connectivity index (χ0v) is 13.1. The van der Waals surface area contributed by atoms with Crippen LogP contribution in [-0.2, 0) is 14.6 Å². The lowest BCUT2D eigenvalue weighted by molar-refractivity contribution is -0.121. The molecule has 0 bridgehead atoms. The van der Waals surface area contributed by atoms with Gasteiger partial charge in [0.15, 0.2) is 15.0 Å². The Labute approximate surface area is 118 Å². The Bertz CT molecular complexity index is 501. The molecule has 0 aliphatic carbocycles. The van der Waals surface area contributed by atoms with Crippen LogP contribution in [0.2, 0.25) is 0 Å². The van der Waals surface area contributed by atoms with Crippen LogP contribution < -0.4 is 0 Å². The van der Waals surface area contributed by atoms with Crippen molar-refractivity contribution in [2.75, 3.05) is 18.1 Å². The first kappa shape index (κ1) is 14.8. The van der Waals surface area contributed by atoms with E-state index in [2.05, 4.69) is 4.99 Å². The molecule has 2 aliphatic heterocycles. The third-order valence-electron chi connectivity index (χ3n) is 3.76. The van der Waals surface area contributed by atoms with Crippen LogP contribution in [0.5, 0.6) is 0 Å².